The van der Waals surface area contributed by atoms with Crippen molar-refractivity contribution in [1.82, 2.24) is 0 Å². The molecule has 2 aromatic carbocycles. The van der Waals surface area contributed by atoms with E-state index in [4.69, 9.17) is 9.84 Å². The van der Waals surface area contributed by atoms with Gasteiger partial charge in [-0.05, 0) is 41.8 Å². The Kier molecular flexibility index (Phi) is 5.17. The van der Waals surface area contributed by atoms with Crippen LogP contribution in [0.25, 0.3) is 11.1 Å². The number of aryl methyl sites for hydroxylation is 1. The van der Waals surface area contributed by atoms with Crippen molar-refractivity contribution in [3.8, 4) is 16.9 Å². The summed E-state index contributed by atoms with van der Waals surface area (Å²) in [6.45, 7) is 2.18. The summed E-state index contributed by atoms with van der Waals surface area (Å²) in [5, 5.41) is 9.01. The Morgan fingerprint density at radius 1 is 1.24 bits per heavy atom. The smallest absolute Gasteiger partial charge is 0.335 e. The minimum Gasteiger partial charge on any atom is -0.490 e. The Morgan fingerprint density at radius 3 is 2.48 bits per heavy atom. The number of carbonyl (C=O) groups is 1. The first-order valence-corrected chi connectivity index (χ1v) is 7.88. The summed E-state index contributed by atoms with van der Waals surface area (Å²) in [6.07, 6.45) is 0. The zero-order chi connectivity index (χ0) is 15.4. The number of benzene rings is 2. The normalized spacial score (nSPS) is 10.4. The van der Waals surface area contributed by atoms with Gasteiger partial charge in [0.25, 0.3) is 0 Å². The molecule has 0 heterocycles. The van der Waals surface area contributed by atoms with E-state index in [1.807, 2.05) is 0 Å². The van der Waals surface area contributed by atoms with E-state index < -0.39 is 11.8 Å². The van der Waals surface area contributed by atoms with Crippen LogP contribution in [0.15, 0.2) is 36.4 Å². The molecule has 0 aliphatic carbocycles. The third-order valence-corrected chi connectivity index (χ3v) is 3.50. The van der Waals surface area contributed by atoms with Crippen LogP contribution < -0.4 is 4.74 Å². The van der Waals surface area contributed by atoms with Crippen LogP contribution in [0.3, 0.4) is 0 Å². The van der Waals surface area contributed by atoms with Crippen molar-refractivity contribution in [1.29, 1.82) is 0 Å². The van der Waals surface area contributed by atoms with Gasteiger partial charge in [0.1, 0.15) is 0 Å². The van der Waals surface area contributed by atoms with Crippen LogP contribution in [0.4, 0.5) is 4.39 Å². The molecule has 1 N–H and O–H groups in total. The molecule has 0 fully saturated rings. The van der Waals surface area contributed by atoms with Gasteiger partial charge < -0.3 is 9.84 Å². The summed E-state index contributed by atoms with van der Waals surface area (Å²) < 4.78 is 20.0. The minimum absolute atomic E-state index is 0.231. The summed E-state index contributed by atoms with van der Waals surface area (Å²) in [5.41, 5.74) is 2.36. The lowest BCUT2D eigenvalue weighted by Crippen LogP contribution is -2.00. The molecule has 0 aliphatic rings. The second-order valence-corrected chi connectivity index (χ2v) is 5.60. The molecule has 0 aliphatic heterocycles. The summed E-state index contributed by atoms with van der Waals surface area (Å²) in [4.78, 5) is 11.0. The number of rotatable bonds is 5. The van der Waals surface area contributed by atoms with E-state index in [1.165, 1.54) is 12.1 Å². The Hall–Kier alpha value is -1.63. The van der Waals surface area contributed by atoms with Crippen molar-refractivity contribution in [3.05, 3.63) is 53.3 Å². The maximum absolute atomic E-state index is 13.9. The van der Waals surface area contributed by atoms with Crippen LogP contribution in [0.5, 0.6) is 5.75 Å². The maximum Gasteiger partial charge on any atom is 0.335 e. The van der Waals surface area contributed by atoms with Gasteiger partial charge in [0.05, 0.1) is 12.2 Å². The largest absolute Gasteiger partial charge is 0.490 e. The Labute approximate surface area is 135 Å². The zero-order valence-corrected chi connectivity index (χ0v) is 13.6. The predicted molar refractivity (Wildman–Crippen MR) is 87.9 cm³/mol. The fraction of sp³-hybridized carbons (Fsp3) is 0.188. The highest BCUT2D eigenvalue weighted by atomic mass is 127. The number of ether oxygens (including phenoxy) is 1. The minimum atomic E-state index is -0.965. The number of carboxylic acid groups (broad SMARTS) is 1. The van der Waals surface area contributed by atoms with Gasteiger partial charge in [0, 0.05) is 4.43 Å². The molecule has 0 spiro atoms. The van der Waals surface area contributed by atoms with E-state index in [2.05, 4.69) is 22.6 Å². The molecule has 0 radical (unpaired) electrons. The van der Waals surface area contributed by atoms with E-state index in [-0.39, 0.29) is 11.3 Å². The van der Waals surface area contributed by atoms with E-state index in [0.29, 0.717) is 17.7 Å². The standard InChI is InChI=1S/C16H14FIO3/c1-10-8-11(2-4-13(10)16(19)20)12-3-5-15(14(17)9-12)21-7-6-18/h2-5,8-9H,6-7H2,1H3,(H,19,20). The lowest BCUT2D eigenvalue weighted by molar-refractivity contribution is 0.0696. The molecule has 110 valence electrons. The van der Waals surface area contributed by atoms with Gasteiger partial charge in [-0.1, -0.05) is 40.8 Å². The lowest BCUT2D eigenvalue weighted by Gasteiger charge is -2.09. The SMILES string of the molecule is Cc1cc(-c2ccc(OCCI)c(F)c2)ccc1C(=O)O. The highest BCUT2D eigenvalue weighted by Gasteiger charge is 2.10. The van der Waals surface area contributed by atoms with E-state index >= 15 is 0 Å². The lowest BCUT2D eigenvalue weighted by atomic mass is 10.00. The molecule has 0 unspecified atom stereocenters. The van der Waals surface area contributed by atoms with E-state index in [0.717, 1.165) is 9.99 Å². The molecule has 0 saturated heterocycles. The molecule has 0 bridgehead atoms. The molecule has 0 aromatic heterocycles. The topological polar surface area (TPSA) is 46.5 Å². The van der Waals surface area contributed by atoms with Crippen molar-refractivity contribution >= 4 is 28.6 Å². The molecular formula is C16H14FIO3. The third kappa shape index (κ3) is 3.72. The maximum atomic E-state index is 13.9. The van der Waals surface area contributed by atoms with Gasteiger partial charge in [-0.3, -0.25) is 0 Å². The number of carboxylic acids is 1. The molecule has 3 nitrogen and oxygen atoms in total. The monoisotopic (exact) mass is 400 g/mol. The van der Waals surface area contributed by atoms with Crippen LogP contribution in [-0.2, 0) is 0 Å². The second kappa shape index (κ2) is 6.89. The summed E-state index contributed by atoms with van der Waals surface area (Å²) in [6, 6.07) is 9.71. The van der Waals surface area contributed by atoms with Crippen molar-refractivity contribution in [2.24, 2.45) is 0 Å². The van der Waals surface area contributed by atoms with Crippen LogP contribution in [0.1, 0.15) is 15.9 Å². The molecule has 21 heavy (non-hydrogen) atoms. The van der Waals surface area contributed by atoms with Crippen molar-refractivity contribution < 1.29 is 19.0 Å². The first kappa shape index (κ1) is 15.8. The zero-order valence-electron chi connectivity index (χ0n) is 11.4. The Bertz CT molecular complexity index is 671. The average Bonchev–Trinajstić information content (AvgIpc) is 2.45. The van der Waals surface area contributed by atoms with Crippen molar-refractivity contribution in [3.63, 3.8) is 0 Å². The highest BCUT2D eigenvalue weighted by Crippen LogP contribution is 2.27. The number of halogens is 2. The Balaban J connectivity index is 2.32. The second-order valence-electron chi connectivity index (χ2n) is 4.52. The molecule has 0 atom stereocenters. The molecule has 2 rings (SSSR count). The first-order chi connectivity index (χ1) is 10.0. The summed E-state index contributed by atoms with van der Waals surface area (Å²) in [5.74, 6) is -1.15. The van der Waals surface area contributed by atoms with Crippen molar-refractivity contribution in [2.45, 2.75) is 6.92 Å². The van der Waals surface area contributed by atoms with Crippen LogP contribution >= 0.6 is 22.6 Å². The fourth-order valence-electron chi connectivity index (χ4n) is 2.03. The number of hydrogen-bond donors (Lipinski definition) is 1. The molecular weight excluding hydrogens is 386 g/mol. The summed E-state index contributed by atoms with van der Waals surface area (Å²) >= 11 is 2.16. The van der Waals surface area contributed by atoms with E-state index in [1.54, 1.807) is 31.2 Å². The first-order valence-electron chi connectivity index (χ1n) is 6.35. The Morgan fingerprint density at radius 2 is 1.90 bits per heavy atom. The van der Waals surface area contributed by atoms with Gasteiger partial charge in [-0.2, -0.15) is 0 Å². The molecule has 2 aromatic rings. The predicted octanol–water partition coefficient (Wildman–Crippen LogP) is 4.31. The number of alkyl halides is 1. The van der Waals surface area contributed by atoms with Crippen LogP contribution in [0, 0.1) is 12.7 Å². The molecule has 0 amide bonds. The van der Waals surface area contributed by atoms with Gasteiger partial charge in [0.15, 0.2) is 11.6 Å². The molecule has 5 heteroatoms. The molecule has 0 saturated carbocycles. The highest BCUT2D eigenvalue weighted by molar-refractivity contribution is 14.1. The van der Waals surface area contributed by atoms with Gasteiger partial charge in [-0.15, -0.1) is 0 Å². The van der Waals surface area contributed by atoms with Gasteiger partial charge >= 0.3 is 5.97 Å². The van der Waals surface area contributed by atoms with Crippen LogP contribution in [-0.4, -0.2) is 22.1 Å². The summed E-state index contributed by atoms with van der Waals surface area (Å²) in [7, 11) is 0. The van der Waals surface area contributed by atoms with Gasteiger partial charge in [0.2, 0.25) is 0 Å². The van der Waals surface area contributed by atoms with E-state index in [9.17, 15) is 9.18 Å². The third-order valence-electron chi connectivity index (χ3n) is 3.06. The van der Waals surface area contributed by atoms with Crippen molar-refractivity contribution in [2.75, 3.05) is 11.0 Å². The van der Waals surface area contributed by atoms with Gasteiger partial charge in [-0.25, -0.2) is 9.18 Å². The quantitative estimate of drug-likeness (QED) is 0.601. The average molecular weight is 400 g/mol. The fourth-order valence-corrected chi connectivity index (χ4v) is 2.25. The number of aromatic carboxylic acids is 1. The number of hydrogen-bond acceptors (Lipinski definition) is 2. The van der Waals surface area contributed by atoms with Crippen LogP contribution in [0.2, 0.25) is 0 Å².